The lowest BCUT2D eigenvalue weighted by atomic mass is 10.2. The predicted molar refractivity (Wildman–Crippen MR) is 85.5 cm³/mol. The van der Waals surface area contributed by atoms with E-state index in [1.165, 1.54) is 0 Å². The summed E-state index contributed by atoms with van der Waals surface area (Å²) in [6, 6.07) is 5.91. The van der Waals surface area contributed by atoms with Gasteiger partial charge in [0.1, 0.15) is 5.52 Å². The van der Waals surface area contributed by atoms with Gasteiger partial charge in [0, 0.05) is 31.9 Å². The average Bonchev–Trinajstić information content (AvgIpc) is 3.15. The van der Waals surface area contributed by atoms with Crippen molar-refractivity contribution in [2.75, 3.05) is 44.3 Å². The van der Waals surface area contributed by atoms with E-state index < -0.39 is 0 Å². The van der Waals surface area contributed by atoms with E-state index in [4.69, 9.17) is 4.74 Å². The van der Waals surface area contributed by atoms with Crippen molar-refractivity contribution < 1.29 is 9.53 Å². The van der Waals surface area contributed by atoms with Crippen molar-refractivity contribution >= 4 is 22.6 Å². The second-order valence-corrected chi connectivity index (χ2v) is 5.91. The number of carbonyl (C=O) groups excluding carboxylic acids is 1. The summed E-state index contributed by atoms with van der Waals surface area (Å²) in [6.45, 7) is 4.77. The first kappa shape index (κ1) is 14.3. The van der Waals surface area contributed by atoms with Gasteiger partial charge in [-0.25, -0.2) is 4.98 Å². The first-order chi connectivity index (χ1) is 11.3. The van der Waals surface area contributed by atoms with Gasteiger partial charge in [0.25, 0.3) is 5.91 Å². The molecule has 2 aromatic rings. The number of benzene rings is 1. The van der Waals surface area contributed by atoms with Gasteiger partial charge in [-0.05, 0) is 31.0 Å². The summed E-state index contributed by atoms with van der Waals surface area (Å²) in [4.78, 5) is 20.9. The molecule has 1 aromatic heterocycles. The molecule has 2 saturated heterocycles. The highest BCUT2D eigenvalue weighted by molar-refractivity contribution is 5.92. The molecule has 0 atom stereocenters. The summed E-state index contributed by atoms with van der Waals surface area (Å²) >= 11 is 0. The fourth-order valence-electron chi connectivity index (χ4n) is 3.09. The molecule has 0 unspecified atom stereocenters. The summed E-state index contributed by atoms with van der Waals surface area (Å²) in [5, 5.41) is 8.16. The van der Waals surface area contributed by atoms with Crippen LogP contribution >= 0.6 is 0 Å². The highest BCUT2D eigenvalue weighted by Gasteiger charge is 2.22. The van der Waals surface area contributed by atoms with E-state index in [9.17, 15) is 4.79 Å². The predicted octanol–water partition coefficient (Wildman–Crippen LogP) is 1.10. The molecule has 0 saturated carbocycles. The van der Waals surface area contributed by atoms with Gasteiger partial charge in [-0.3, -0.25) is 4.79 Å². The van der Waals surface area contributed by atoms with E-state index in [1.54, 1.807) is 4.90 Å². The molecule has 4 rings (SSSR count). The van der Waals surface area contributed by atoms with Crippen molar-refractivity contribution in [1.82, 2.24) is 20.1 Å². The highest BCUT2D eigenvalue weighted by Crippen LogP contribution is 2.21. The van der Waals surface area contributed by atoms with Crippen LogP contribution in [0.2, 0.25) is 0 Å². The van der Waals surface area contributed by atoms with Crippen LogP contribution in [0.1, 0.15) is 23.5 Å². The molecule has 7 nitrogen and oxygen atoms in total. The lowest BCUT2D eigenvalue weighted by molar-refractivity contribution is 0.0780. The fraction of sp³-hybridized carbons (Fsp3) is 0.500. The summed E-state index contributed by atoms with van der Waals surface area (Å²) < 4.78 is 5.39. The maximum absolute atomic E-state index is 12.4. The largest absolute Gasteiger partial charge is 0.378 e. The second-order valence-electron chi connectivity index (χ2n) is 5.91. The van der Waals surface area contributed by atoms with E-state index in [0.29, 0.717) is 11.0 Å². The normalized spacial score (nSPS) is 18.6. The monoisotopic (exact) mass is 313 g/mol. The Morgan fingerprint density at radius 2 is 1.78 bits per heavy atom. The van der Waals surface area contributed by atoms with E-state index in [-0.39, 0.29) is 11.7 Å². The first-order valence-electron chi connectivity index (χ1n) is 8.08. The summed E-state index contributed by atoms with van der Waals surface area (Å²) in [6.07, 6.45) is 2.10. The minimum Gasteiger partial charge on any atom is -0.378 e. The molecule has 23 heavy (non-hydrogen) atoms. The lowest BCUT2D eigenvalue weighted by Crippen LogP contribution is -2.36. The third-order valence-corrected chi connectivity index (χ3v) is 4.40. The molecule has 2 aliphatic rings. The third kappa shape index (κ3) is 2.84. The minimum absolute atomic E-state index is 0.117. The van der Waals surface area contributed by atoms with Crippen LogP contribution in [0, 0.1) is 0 Å². The van der Waals surface area contributed by atoms with E-state index >= 15 is 0 Å². The molecule has 0 spiro atoms. The average molecular weight is 313 g/mol. The number of aromatic nitrogens is 3. The maximum atomic E-state index is 12.4. The zero-order valence-corrected chi connectivity index (χ0v) is 12.9. The van der Waals surface area contributed by atoms with Crippen LogP contribution in [0.4, 0.5) is 5.69 Å². The summed E-state index contributed by atoms with van der Waals surface area (Å²) in [5.41, 5.74) is 2.51. The van der Waals surface area contributed by atoms with E-state index in [1.807, 2.05) is 18.2 Å². The fourth-order valence-corrected chi connectivity index (χ4v) is 3.09. The van der Waals surface area contributed by atoms with E-state index in [0.717, 1.165) is 57.9 Å². The number of likely N-dealkylation sites (tertiary alicyclic amines) is 1. The molecular weight excluding hydrogens is 294 g/mol. The van der Waals surface area contributed by atoms with Crippen molar-refractivity contribution in [2.24, 2.45) is 0 Å². The number of nitrogens with zero attached hydrogens (tertiary/aromatic N) is 5. The van der Waals surface area contributed by atoms with Crippen molar-refractivity contribution in [3.05, 3.63) is 24.0 Å². The SMILES string of the molecule is O=C(c1nnc2ccc(N3CCOCC3)cc2n1)N1CCCC1. The maximum Gasteiger partial charge on any atom is 0.293 e. The quantitative estimate of drug-likeness (QED) is 0.827. The Morgan fingerprint density at radius 3 is 2.57 bits per heavy atom. The molecule has 1 aromatic carbocycles. The standard InChI is InChI=1S/C16H19N5O2/c22-16(21-5-1-2-6-21)15-17-14-11-12(3-4-13(14)18-19-15)20-7-9-23-10-8-20/h3-4,11H,1-2,5-10H2. The van der Waals surface area contributed by atoms with Gasteiger partial charge in [0.15, 0.2) is 0 Å². The smallest absolute Gasteiger partial charge is 0.293 e. The number of amides is 1. The number of carbonyl (C=O) groups is 1. The van der Waals surface area contributed by atoms with Crippen LogP contribution in [0.3, 0.4) is 0 Å². The van der Waals surface area contributed by atoms with Crippen LogP contribution in [0.15, 0.2) is 18.2 Å². The molecule has 2 aliphatic heterocycles. The van der Waals surface area contributed by atoms with Crippen molar-refractivity contribution in [3.63, 3.8) is 0 Å². The van der Waals surface area contributed by atoms with Crippen molar-refractivity contribution in [3.8, 4) is 0 Å². The van der Waals surface area contributed by atoms with Crippen LogP contribution in [-0.4, -0.2) is 65.4 Å². The van der Waals surface area contributed by atoms with Gasteiger partial charge in [-0.2, -0.15) is 0 Å². The molecule has 1 amide bonds. The number of rotatable bonds is 2. The third-order valence-electron chi connectivity index (χ3n) is 4.40. The van der Waals surface area contributed by atoms with Gasteiger partial charge in [0.05, 0.1) is 18.7 Å². The lowest BCUT2D eigenvalue weighted by Gasteiger charge is -2.28. The summed E-state index contributed by atoms with van der Waals surface area (Å²) in [7, 11) is 0. The first-order valence-corrected chi connectivity index (χ1v) is 8.08. The van der Waals surface area contributed by atoms with Crippen molar-refractivity contribution in [2.45, 2.75) is 12.8 Å². The molecule has 0 bridgehead atoms. The van der Waals surface area contributed by atoms with Gasteiger partial charge >= 0.3 is 0 Å². The topological polar surface area (TPSA) is 71.5 Å². The number of fused-ring (bicyclic) bond motifs is 1. The number of hydrogen-bond donors (Lipinski definition) is 0. The van der Waals surface area contributed by atoms with Crippen LogP contribution in [0.5, 0.6) is 0 Å². The minimum atomic E-state index is -0.117. The van der Waals surface area contributed by atoms with Gasteiger partial charge in [0.2, 0.25) is 5.82 Å². The molecule has 120 valence electrons. The van der Waals surface area contributed by atoms with Gasteiger partial charge in [-0.1, -0.05) is 0 Å². The Kier molecular flexibility index (Phi) is 3.78. The Morgan fingerprint density at radius 1 is 1.00 bits per heavy atom. The van der Waals surface area contributed by atoms with Gasteiger partial charge < -0.3 is 14.5 Å². The Balaban J connectivity index is 1.64. The van der Waals surface area contributed by atoms with Crippen LogP contribution in [-0.2, 0) is 4.74 Å². The number of hydrogen-bond acceptors (Lipinski definition) is 6. The molecular formula is C16H19N5O2. The number of ether oxygens (including phenoxy) is 1. The molecule has 0 N–H and O–H groups in total. The summed E-state index contributed by atoms with van der Waals surface area (Å²) in [5.74, 6) is 0.0761. The van der Waals surface area contributed by atoms with Gasteiger partial charge in [-0.15, -0.1) is 10.2 Å². The Labute approximate surface area is 134 Å². The molecule has 3 heterocycles. The van der Waals surface area contributed by atoms with Crippen LogP contribution < -0.4 is 4.90 Å². The zero-order valence-electron chi connectivity index (χ0n) is 12.9. The molecule has 7 heteroatoms. The second kappa shape index (κ2) is 6.08. The van der Waals surface area contributed by atoms with E-state index in [2.05, 4.69) is 20.1 Å². The van der Waals surface area contributed by atoms with Crippen molar-refractivity contribution in [1.29, 1.82) is 0 Å². The Hall–Kier alpha value is -2.28. The molecule has 0 aliphatic carbocycles. The van der Waals surface area contributed by atoms with Crippen LogP contribution in [0.25, 0.3) is 11.0 Å². The molecule has 2 fully saturated rings. The number of morpholine rings is 1. The molecule has 0 radical (unpaired) electrons. The highest BCUT2D eigenvalue weighted by atomic mass is 16.5. The zero-order chi connectivity index (χ0) is 15.6. The number of anilines is 1. The Bertz CT molecular complexity index is 723.